The maximum absolute atomic E-state index is 14.7. The van der Waals surface area contributed by atoms with Gasteiger partial charge < -0.3 is 10.6 Å². The quantitative estimate of drug-likeness (QED) is 0.283. The number of nitrogens with zero attached hydrogens (tertiary/aromatic N) is 4. The number of amides is 1. The minimum absolute atomic E-state index is 0.0424. The summed E-state index contributed by atoms with van der Waals surface area (Å²) in [7, 11) is -2.44. The SMILES string of the molecule is C#Cc1cc(N(C)S(C)(=O)=O)c(Nc2cc(Nc3cc(C)nc(C)n3)ncc2C(=O)NOCC)cc1F. The number of terminal acetylenes is 1. The number of hydroxylamine groups is 1. The van der Waals surface area contributed by atoms with Gasteiger partial charge in [0, 0.05) is 37.1 Å². The van der Waals surface area contributed by atoms with Crippen molar-refractivity contribution in [1.29, 1.82) is 0 Å². The van der Waals surface area contributed by atoms with E-state index in [4.69, 9.17) is 11.3 Å². The van der Waals surface area contributed by atoms with E-state index in [1.54, 1.807) is 19.9 Å². The molecule has 0 bridgehead atoms. The highest BCUT2D eigenvalue weighted by Gasteiger charge is 2.21. The molecular weight excluding hydrogens is 501 g/mol. The number of hydrogen-bond acceptors (Lipinski definition) is 9. The molecule has 0 fully saturated rings. The minimum Gasteiger partial charge on any atom is -0.353 e. The standard InChI is InChI=1S/C24H26FN7O4S/c1-7-16-10-21(32(5)37(6,34)35)20(11-18(16)25)29-19-12-22(26-13-17(19)24(33)31-36-8-2)30-23-9-14(3)27-15(4)28-23/h1,9-13H,8H2,2-6H3,(H,31,33)(H2,26,27,28,29,30). The highest BCUT2D eigenvalue weighted by molar-refractivity contribution is 7.92. The Labute approximate surface area is 214 Å². The van der Waals surface area contributed by atoms with Crippen LogP contribution in [-0.4, -0.2) is 49.2 Å². The molecule has 0 aliphatic carbocycles. The molecule has 0 radical (unpaired) electrons. The van der Waals surface area contributed by atoms with Gasteiger partial charge in [-0.15, -0.1) is 6.42 Å². The van der Waals surface area contributed by atoms with Crippen LogP contribution in [0, 0.1) is 32.0 Å². The summed E-state index contributed by atoms with van der Waals surface area (Å²) in [6, 6.07) is 5.49. The van der Waals surface area contributed by atoms with Crippen LogP contribution in [0.15, 0.2) is 30.5 Å². The van der Waals surface area contributed by atoms with E-state index in [0.29, 0.717) is 17.5 Å². The molecule has 3 rings (SSSR count). The van der Waals surface area contributed by atoms with Crippen LogP contribution in [0.5, 0.6) is 0 Å². The maximum atomic E-state index is 14.7. The highest BCUT2D eigenvalue weighted by atomic mass is 32.2. The normalized spacial score (nSPS) is 10.9. The molecular formula is C24H26FN7O4S. The van der Waals surface area contributed by atoms with Crippen LogP contribution in [0.3, 0.4) is 0 Å². The number of pyridine rings is 1. The molecule has 0 unspecified atom stereocenters. The summed E-state index contributed by atoms with van der Waals surface area (Å²) in [6.07, 6.45) is 7.66. The van der Waals surface area contributed by atoms with Gasteiger partial charge in [-0.05, 0) is 26.8 Å². The molecule has 1 aromatic carbocycles. The van der Waals surface area contributed by atoms with Crippen molar-refractivity contribution in [3.05, 3.63) is 58.9 Å². The Morgan fingerprint density at radius 3 is 2.49 bits per heavy atom. The van der Waals surface area contributed by atoms with E-state index < -0.39 is 21.7 Å². The molecule has 0 saturated carbocycles. The molecule has 11 nitrogen and oxygen atoms in total. The van der Waals surface area contributed by atoms with E-state index in [2.05, 4.69) is 37.0 Å². The number of hydrogen-bond donors (Lipinski definition) is 3. The van der Waals surface area contributed by atoms with Gasteiger partial charge >= 0.3 is 0 Å². The van der Waals surface area contributed by atoms with Gasteiger partial charge in [-0.2, -0.15) is 0 Å². The van der Waals surface area contributed by atoms with Gasteiger partial charge in [-0.25, -0.2) is 33.2 Å². The first kappa shape index (κ1) is 27.3. The smallest absolute Gasteiger partial charge is 0.278 e. The van der Waals surface area contributed by atoms with E-state index in [-0.39, 0.29) is 34.8 Å². The number of aromatic nitrogens is 3. The fourth-order valence-corrected chi connectivity index (χ4v) is 3.78. The molecule has 13 heteroatoms. The Kier molecular flexibility index (Phi) is 8.26. The number of rotatable bonds is 9. The first-order valence-corrected chi connectivity index (χ1v) is 12.8. The maximum Gasteiger partial charge on any atom is 0.278 e. The fraction of sp³-hybridized carbons (Fsp3) is 0.250. The molecule has 0 aliphatic rings. The summed E-state index contributed by atoms with van der Waals surface area (Å²) in [6.45, 7) is 5.47. The van der Waals surface area contributed by atoms with Crippen molar-refractivity contribution in [2.45, 2.75) is 20.8 Å². The number of sulfonamides is 1. The number of aryl methyl sites for hydroxylation is 2. The van der Waals surface area contributed by atoms with Crippen molar-refractivity contribution < 1.29 is 22.4 Å². The first-order chi connectivity index (χ1) is 17.4. The van der Waals surface area contributed by atoms with Gasteiger partial charge in [0.2, 0.25) is 10.0 Å². The minimum atomic E-state index is -3.74. The number of benzene rings is 1. The number of carbonyl (C=O) groups is 1. The summed E-state index contributed by atoms with van der Waals surface area (Å²) in [5.41, 5.74) is 3.22. The average Bonchev–Trinajstić information content (AvgIpc) is 2.81. The third-order valence-electron chi connectivity index (χ3n) is 5.03. The average molecular weight is 528 g/mol. The summed E-state index contributed by atoms with van der Waals surface area (Å²) in [5, 5.41) is 5.99. The Morgan fingerprint density at radius 1 is 1.14 bits per heavy atom. The largest absolute Gasteiger partial charge is 0.353 e. The van der Waals surface area contributed by atoms with Gasteiger partial charge in [0.15, 0.2) is 0 Å². The van der Waals surface area contributed by atoms with Gasteiger partial charge in [0.1, 0.15) is 23.3 Å². The zero-order chi connectivity index (χ0) is 27.3. The molecule has 37 heavy (non-hydrogen) atoms. The van der Waals surface area contributed by atoms with Crippen molar-refractivity contribution in [3.63, 3.8) is 0 Å². The lowest BCUT2D eigenvalue weighted by Gasteiger charge is -2.22. The summed E-state index contributed by atoms with van der Waals surface area (Å²) in [5.74, 6) is 2.13. The molecule has 0 aliphatic heterocycles. The molecule has 1 amide bonds. The fourth-order valence-electron chi connectivity index (χ4n) is 3.27. The molecule has 194 valence electrons. The van der Waals surface area contributed by atoms with Crippen LogP contribution in [0.2, 0.25) is 0 Å². The summed E-state index contributed by atoms with van der Waals surface area (Å²) in [4.78, 5) is 30.6. The molecule has 3 aromatic rings. The third kappa shape index (κ3) is 6.69. The van der Waals surface area contributed by atoms with E-state index >= 15 is 0 Å². The summed E-state index contributed by atoms with van der Waals surface area (Å²) < 4.78 is 40.2. The van der Waals surface area contributed by atoms with Crippen LogP contribution < -0.4 is 20.4 Å². The second kappa shape index (κ2) is 11.2. The van der Waals surface area contributed by atoms with Gasteiger partial charge in [0.25, 0.3) is 5.91 Å². The number of halogens is 1. The molecule has 0 atom stereocenters. The Balaban J connectivity index is 2.13. The van der Waals surface area contributed by atoms with Crippen LogP contribution in [-0.2, 0) is 14.9 Å². The predicted octanol–water partition coefficient (Wildman–Crippen LogP) is 3.17. The molecule has 0 spiro atoms. The van der Waals surface area contributed by atoms with Crippen molar-refractivity contribution in [1.82, 2.24) is 20.4 Å². The van der Waals surface area contributed by atoms with Crippen LogP contribution in [0.4, 0.5) is 33.1 Å². The first-order valence-electron chi connectivity index (χ1n) is 11.0. The number of carbonyl (C=O) groups excluding carboxylic acids is 1. The van der Waals surface area contributed by atoms with E-state index in [0.717, 1.165) is 22.3 Å². The Morgan fingerprint density at radius 2 is 1.86 bits per heavy atom. The van der Waals surface area contributed by atoms with Gasteiger partial charge in [-0.3, -0.25) is 13.9 Å². The second-order valence-corrected chi connectivity index (χ2v) is 9.91. The molecule has 3 N–H and O–H groups in total. The predicted molar refractivity (Wildman–Crippen MR) is 139 cm³/mol. The lowest BCUT2D eigenvalue weighted by atomic mass is 10.1. The van der Waals surface area contributed by atoms with Crippen molar-refractivity contribution >= 4 is 44.6 Å². The number of nitrogens with one attached hydrogen (secondary N) is 3. The second-order valence-electron chi connectivity index (χ2n) is 7.90. The highest BCUT2D eigenvalue weighted by Crippen LogP contribution is 2.34. The lowest BCUT2D eigenvalue weighted by molar-refractivity contribution is 0.0365. The van der Waals surface area contributed by atoms with Crippen molar-refractivity contribution in [3.8, 4) is 12.3 Å². The van der Waals surface area contributed by atoms with Crippen LogP contribution >= 0.6 is 0 Å². The van der Waals surface area contributed by atoms with Crippen LogP contribution in [0.25, 0.3) is 0 Å². The monoisotopic (exact) mass is 527 g/mol. The zero-order valence-corrected chi connectivity index (χ0v) is 21.7. The van der Waals surface area contributed by atoms with E-state index in [1.807, 2.05) is 6.92 Å². The lowest BCUT2D eigenvalue weighted by Crippen LogP contribution is -2.26. The van der Waals surface area contributed by atoms with Crippen LogP contribution in [0.1, 0.15) is 34.4 Å². The number of anilines is 5. The topological polar surface area (TPSA) is 138 Å². The van der Waals surface area contributed by atoms with Crippen molar-refractivity contribution in [2.24, 2.45) is 0 Å². The third-order valence-corrected chi connectivity index (χ3v) is 6.22. The van der Waals surface area contributed by atoms with E-state index in [9.17, 15) is 17.6 Å². The molecule has 2 heterocycles. The summed E-state index contributed by atoms with van der Waals surface area (Å²) >= 11 is 0. The van der Waals surface area contributed by atoms with E-state index in [1.165, 1.54) is 25.4 Å². The Hall–Kier alpha value is -4.28. The van der Waals surface area contributed by atoms with Crippen molar-refractivity contribution in [2.75, 3.05) is 34.8 Å². The Bertz CT molecular complexity index is 1470. The molecule has 2 aromatic heterocycles. The molecule has 0 saturated heterocycles. The van der Waals surface area contributed by atoms with Gasteiger partial charge in [0.05, 0.1) is 41.1 Å². The zero-order valence-electron chi connectivity index (χ0n) is 20.9. The van der Waals surface area contributed by atoms with Gasteiger partial charge in [-0.1, -0.05) is 5.92 Å².